The molecule has 0 fully saturated rings. The number of amides is 2. The molecule has 2 aromatic carbocycles. The molecule has 0 aromatic heterocycles. The summed E-state index contributed by atoms with van der Waals surface area (Å²) in [7, 11) is 1.56. The van der Waals surface area contributed by atoms with Gasteiger partial charge >= 0.3 is 0 Å². The molecule has 2 amide bonds. The van der Waals surface area contributed by atoms with Crippen LogP contribution in [0, 0.1) is 6.92 Å². The molecule has 0 heterocycles. The number of nitrogens with one attached hydrogen (secondary N) is 2. The quantitative estimate of drug-likeness (QED) is 0.553. The van der Waals surface area contributed by atoms with Crippen LogP contribution < -0.4 is 20.2 Å². The van der Waals surface area contributed by atoms with Crippen molar-refractivity contribution in [3.63, 3.8) is 0 Å². The molecule has 0 atom stereocenters. The molecule has 0 saturated carbocycles. The molecule has 2 N–H and O–H groups in total. The van der Waals surface area contributed by atoms with Crippen molar-refractivity contribution in [1.29, 1.82) is 0 Å². The van der Waals surface area contributed by atoms with Gasteiger partial charge in [0.2, 0.25) is 5.91 Å². The number of benzene rings is 2. The van der Waals surface area contributed by atoms with E-state index in [0.29, 0.717) is 22.9 Å². The van der Waals surface area contributed by atoms with Gasteiger partial charge in [0, 0.05) is 17.5 Å². The highest BCUT2D eigenvalue weighted by Crippen LogP contribution is 2.16. The van der Waals surface area contributed by atoms with Crippen molar-refractivity contribution in [2.24, 2.45) is 5.10 Å². The van der Waals surface area contributed by atoms with Crippen LogP contribution in [0.1, 0.15) is 18.9 Å². The van der Waals surface area contributed by atoms with Gasteiger partial charge in [-0.15, -0.1) is 0 Å². The smallest absolute Gasteiger partial charge is 0.277 e. The fourth-order valence-electron chi connectivity index (χ4n) is 2.15. The van der Waals surface area contributed by atoms with Crippen molar-refractivity contribution in [3.8, 4) is 11.5 Å². The average molecular weight is 369 g/mol. The van der Waals surface area contributed by atoms with Crippen LogP contribution in [0.15, 0.2) is 53.6 Å². The molecule has 7 heteroatoms. The summed E-state index contributed by atoms with van der Waals surface area (Å²) in [6.07, 6.45) is 0.0519. The van der Waals surface area contributed by atoms with E-state index in [1.54, 1.807) is 50.4 Å². The number of hydrogen-bond acceptors (Lipinski definition) is 5. The fourth-order valence-corrected chi connectivity index (χ4v) is 2.15. The van der Waals surface area contributed by atoms with Gasteiger partial charge in [0.25, 0.3) is 5.91 Å². The molecule has 0 unspecified atom stereocenters. The number of ether oxygens (including phenoxy) is 2. The number of hydrogen-bond donors (Lipinski definition) is 2. The molecule has 2 rings (SSSR count). The fraction of sp³-hybridized carbons (Fsp3) is 0.250. The highest BCUT2D eigenvalue weighted by Gasteiger charge is 2.07. The van der Waals surface area contributed by atoms with E-state index in [-0.39, 0.29) is 18.9 Å². The Morgan fingerprint density at radius 1 is 1.04 bits per heavy atom. The van der Waals surface area contributed by atoms with Crippen molar-refractivity contribution in [2.45, 2.75) is 20.3 Å². The van der Waals surface area contributed by atoms with Crippen LogP contribution in [0.25, 0.3) is 0 Å². The van der Waals surface area contributed by atoms with Crippen LogP contribution in [-0.4, -0.2) is 31.2 Å². The monoisotopic (exact) mass is 369 g/mol. The summed E-state index contributed by atoms with van der Waals surface area (Å²) in [6.45, 7) is 3.47. The summed E-state index contributed by atoms with van der Waals surface area (Å²) in [5, 5.41) is 6.67. The molecule has 0 aliphatic carbocycles. The van der Waals surface area contributed by atoms with Crippen LogP contribution >= 0.6 is 0 Å². The Labute approximate surface area is 158 Å². The Morgan fingerprint density at radius 2 is 1.78 bits per heavy atom. The topological polar surface area (TPSA) is 89.0 Å². The molecule has 0 spiro atoms. The second-order valence-electron chi connectivity index (χ2n) is 5.94. The van der Waals surface area contributed by atoms with E-state index in [9.17, 15) is 9.59 Å². The lowest BCUT2D eigenvalue weighted by Gasteiger charge is -2.07. The summed E-state index contributed by atoms with van der Waals surface area (Å²) in [5.41, 5.74) is 4.58. The van der Waals surface area contributed by atoms with Crippen LogP contribution in [-0.2, 0) is 9.59 Å². The zero-order chi connectivity index (χ0) is 19.6. The Hall–Kier alpha value is -3.35. The van der Waals surface area contributed by atoms with Crippen LogP contribution in [0.3, 0.4) is 0 Å². The first-order valence-electron chi connectivity index (χ1n) is 8.41. The van der Waals surface area contributed by atoms with Crippen LogP contribution in [0.4, 0.5) is 5.69 Å². The Bertz CT molecular complexity index is 816. The number of rotatable bonds is 8. The third-order valence-corrected chi connectivity index (χ3v) is 3.53. The number of hydrazone groups is 1. The van der Waals surface area contributed by atoms with Gasteiger partial charge in [-0.1, -0.05) is 23.8 Å². The lowest BCUT2D eigenvalue weighted by molar-refractivity contribution is -0.123. The second kappa shape index (κ2) is 9.96. The summed E-state index contributed by atoms with van der Waals surface area (Å²) in [6, 6.07) is 14.4. The summed E-state index contributed by atoms with van der Waals surface area (Å²) in [5.74, 6) is 0.617. The van der Waals surface area contributed by atoms with E-state index < -0.39 is 5.91 Å². The first kappa shape index (κ1) is 20.0. The first-order valence-corrected chi connectivity index (χ1v) is 8.41. The lowest BCUT2D eigenvalue weighted by Crippen LogP contribution is -2.26. The van der Waals surface area contributed by atoms with Gasteiger partial charge in [-0.25, -0.2) is 5.43 Å². The molecule has 0 aliphatic heterocycles. The standard InChI is InChI=1S/C20H23N3O4/c1-14-7-9-17(10-8-14)27-13-20(25)23-22-15(2)11-19(24)21-16-5-4-6-18(12-16)26-3/h4-10,12H,11,13H2,1-3H3,(H,21,24)(H,23,25)/b22-15+. The van der Waals surface area contributed by atoms with Crippen molar-refractivity contribution >= 4 is 23.2 Å². The normalized spacial score (nSPS) is 10.9. The van der Waals surface area contributed by atoms with E-state index in [1.807, 2.05) is 19.1 Å². The zero-order valence-electron chi connectivity index (χ0n) is 15.6. The average Bonchev–Trinajstić information content (AvgIpc) is 2.66. The van der Waals surface area contributed by atoms with Crippen molar-refractivity contribution < 1.29 is 19.1 Å². The van der Waals surface area contributed by atoms with Crippen molar-refractivity contribution in [1.82, 2.24) is 5.43 Å². The third kappa shape index (κ3) is 7.19. The maximum absolute atomic E-state index is 12.0. The Balaban J connectivity index is 1.76. The van der Waals surface area contributed by atoms with Gasteiger partial charge in [-0.05, 0) is 38.1 Å². The Kier molecular flexibility index (Phi) is 7.37. The minimum Gasteiger partial charge on any atom is -0.497 e. The van der Waals surface area contributed by atoms with Crippen molar-refractivity contribution in [3.05, 3.63) is 54.1 Å². The predicted molar refractivity (Wildman–Crippen MR) is 104 cm³/mol. The summed E-state index contributed by atoms with van der Waals surface area (Å²) >= 11 is 0. The maximum atomic E-state index is 12.0. The van der Waals surface area contributed by atoms with Gasteiger partial charge in [-0.3, -0.25) is 9.59 Å². The van der Waals surface area contributed by atoms with E-state index in [0.717, 1.165) is 5.56 Å². The molecule has 7 nitrogen and oxygen atoms in total. The van der Waals surface area contributed by atoms with Gasteiger partial charge in [0.15, 0.2) is 6.61 Å². The van der Waals surface area contributed by atoms with E-state index >= 15 is 0 Å². The van der Waals surface area contributed by atoms with Crippen molar-refractivity contribution in [2.75, 3.05) is 19.0 Å². The third-order valence-electron chi connectivity index (χ3n) is 3.53. The number of methoxy groups -OCH3 is 1. The van der Waals surface area contributed by atoms with E-state index in [4.69, 9.17) is 9.47 Å². The minimum atomic E-state index is -0.400. The number of nitrogens with zero attached hydrogens (tertiary/aromatic N) is 1. The molecule has 0 bridgehead atoms. The highest BCUT2D eigenvalue weighted by molar-refractivity contribution is 6.05. The zero-order valence-corrected chi connectivity index (χ0v) is 15.6. The molecular weight excluding hydrogens is 346 g/mol. The van der Waals surface area contributed by atoms with Gasteiger partial charge < -0.3 is 14.8 Å². The molecule has 2 aromatic rings. The minimum absolute atomic E-state index is 0.0519. The molecule has 0 aliphatic rings. The number of carbonyl (C=O) groups is 2. The first-order chi connectivity index (χ1) is 13.0. The van der Waals surface area contributed by atoms with Crippen LogP contribution in [0.5, 0.6) is 11.5 Å². The summed E-state index contributed by atoms with van der Waals surface area (Å²) in [4.78, 5) is 23.8. The molecule has 27 heavy (non-hydrogen) atoms. The van der Waals surface area contributed by atoms with Gasteiger partial charge in [-0.2, -0.15) is 5.10 Å². The van der Waals surface area contributed by atoms with Gasteiger partial charge in [0.05, 0.1) is 13.5 Å². The Morgan fingerprint density at radius 3 is 2.48 bits per heavy atom. The summed E-state index contributed by atoms with van der Waals surface area (Å²) < 4.78 is 10.5. The maximum Gasteiger partial charge on any atom is 0.277 e. The highest BCUT2D eigenvalue weighted by atomic mass is 16.5. The largest absolute Gasteiger partial charge is 0.497 e. The lowest BCUT2D eigenvalue weighted by atomic mass is 10.2. The molecule has 142 valence electrons. The van der Waals surface area contributed by atoms with E-state index in [1.165, 1.54) is 0 Å². The second-order valence-corrected chi connectivity index (χ2v) is 5.94. The predicted octanol–water partition coefficient (Wildman–Crippen LogP) is 2.90. The van der Waals surface area contributed by atoms with E-state index in [2.05, 4.69) is 15.8 Å². The number of anilines is 1. The number of carbonyl (C=O) groups excluding carboxylic acids is 2. The van der Waals surface area contributed by atoms with Gasteiger partial charge in [0.1, 0.15) is 11.5 Å². The molecule has 0 saturated heterocycles. The number of aryl methyl sites for hydroxylation is 1. The SMILES string of the molecule is COc1cccc(NC(=O)C/C(C)=N/NC(=O)COc2ccc(C)cc2)c1. The van der Waals surface area contributed by atoms with Crippen LogP contribution in [0.2, 0.25) is 0 Å². The molecular formula is C20H23N3O4. The molecule has 0 radical (unpaired) electrons.